The quantitative estimate of drug-likeness (QED) is 0.729. The fourth-order valence-corrected chi connectivity index (χ4v) is 2.41. The van der Waals surface area contributed by atoms with E-state index in [1.165, 1.54) is 20.3 Å². The molecule has 0 aliphatic heterocycles. The van der Waals surface area contributed by atoms with Crippen LogP contribution in [0, 0.1) is 0 Å². The van der Waals surface area contributed by atoms with Crippen LogP contribution < -0.4 is 24.3 Å². The van der Waals surface area contributed by atoms with Crippen molar-refractivity contribution in [2.24, 2.45) is 0 Å². The number of nitrogens with one attached hydrogen (secondary N) is 1. The molecule has 0 aliphatic rings. The fourth-order valence-electron chi connectivity index (χ4n) is 2.41. The summed E-state index contributed by atoms with van der Waals surface area (Å²) < 4.78 is 21.4. The topological polar surface area (TPSA) is 66.0 Å². The summed E-state index contributed by atoms with van der Waals surface area (Å²) in [5, 5.41) is 2.79. The number of anilines is 1. The zero-order valence-electron chi connectivity index (χ0n) is 15.4. The van der Waals surface area contributed by atoms with Gasteiger partial charge in [-0.25, -0.2) is 0 Å². The number of hydrogen-bond donors (Lipinski definition) is 1. The molecule has 0 atom stereocenters. The molecule has 0 aromatic heterocycles. The first-order valence-corrected chi connectivity index (χ1v) is 8.13. The Kier molecular flexibility index (Phi) is 6.91. The normalized spacial score (nSPS) is 10.5. The molecule has 0 spiro atoms. The van der Waals surface area contributed by atoms with Gasteiger partial charge in [-0.05, 0) is 49.4 Å². The Labute approximate surface area is 153 Å². The van der Waals surface area contributed by atoms with Crippen molar-refractivity contribution in [3.63, 3.8) is 0 Å². The summed E-state index contributed by atoms with van der Waals surface area (Å²) in [6.07, 6.45) is 3.09. The Balaban J connectivity index is 2.12. The van der Waals surface area contributed by atoms with Gasteiger partial charge in [0.1, 0.15) is 5.75 Å². The first kappa shape index (κ1) is 19.2. The van der Waals surface area contributed by atoms with E-state index < -0.39 is 0 Å². The molecular formula is C20H23NO5. The summed E-state index contributed by atoms with van der Waals surface area (Å²) in [4.78, 5) is 12.1. The van der Waals surface area contributed by atoms with Crippen molar-refractivity contribution in [3.8, 4) is 23.0 Å². The third-order valence-electron chi connectivity index (χ3n) is 3.58. The lowest BCUT2D eigenvalue weighted by atomic mass is 10.1. The molecule has 1 amide bonds. The number of amides is 1. The number of rotatable bonds is 8. The molecule has 0 unspecified atom stereocenters. The van der Waals surface area contributed by atoms with E-state index in [0.717, 1.165) is 5.75 Å². The van der Waals surface area contributed by atoms with Crippen molar-refractivity contribution in [1.29, 1.82) is 0 Å². The third-order valence-corrected chi connectivity index (χ3v) is 3.58. The second-order valence-electron chi connectivity index (χ2n) is 5.20. The van der Waals surface area contributed by atoms with Gasteiger partial charge in [-0.2, -0.15) is 0 Å². The lowest BCUT2D eigenvalue weighted by Crippen LogP contribution is -2.07. The minimum atomic E-state index is -0.258. The van der Waals surface area contributed by atoms with Gasteiger partial charge >= 0.3 is 0 Å². The van der Waals surface area contributed by atoms with Crippen LogP contribution in [0.15, 0.2) is 42.5 Å². The average Bonchev–Trinajstić information content (AvgIpc) is 2.67. The summed E-state index contributed by atoms with van der Waals surface area (Å²) in [6.45, 7) is 2.52. The highest BCUT2D eigenvalue weighted by molar-refractivity contribution is 6.02. The van der Waals surface area contributed by atoms with Crippen molar-refractivity contribution in [2.75, 3.05) is 33.3 Å². The molecule has 2 rings (SSSR count). The summed E-state index contributed by atoms with van der Waals surface area (Å²) in [5.41, 5.74) is 1.38. The van der Waals surface area contributed by atoms with Crippen molar-refractivity contribution in [3.05, 3.63) is 48.0 Å². The minimum absolute atomic E-state index is 0.258. The van der Waals surface area contributed by atoms with Crippen LogP contribution in [0.4, 0.5) is 5.69 Å². The van der Waals surface area contributed by atoms with Gasteiger partial charge in [0.25, 0.3) is 0 Å². The summed E-state index contributed by atoms with van der Waals surface area (Å²) in [7, 11) is 4.62. The number of benzene rings is 2. The van der Waals surface area contributed by atoms with Gasteiger partial charge in [-0.1, -0.05) is 0 Å². The van der Waals surface area contributed by atoms with Gasteiger partial charge < -0.3 is 24.3 Å². The highest BCUT2D eigenvalue weighted by Gasteiger charge is 2.14. The van der Waals surface area contributed by atoms with E-state index >= 15 is 0 Å². The second kappa shape index (κ2) is 9.36. The molecule has 0 fully saturated rings. The maximum Gasteiger partial charge on any atom is 0.248 e. The van der Waals surface area contributed by atoms with E-state index in [0.29, 0.717) is 35.1 Å². The Morgan fingerprint density at radius 1 is 0.962 bits per heavy atom. The number of carbonyl (C=O) groups excluding carboxylic acids is 1. The van der Waals surface area contributed by atoms with Crippen molar-refractivity contribution in [2.45, 2.75) is 6.92 Å². The van der Waals surface area contributed by atoms with E-state index in [1.807, 2.05) is 6.92 Å². The smallest absolute Gasteiger partial charge is 0.248 e. The standard InChI is InChI=1S/C20H23NO5/c1-5-26-16-10-8-15(9-11-16)21-18(22)13-7-14-6-12-17(23-2)20(25-4)19(14)24-3/h6-13H,5H2,1-4H3,(H,21,22)/b13-7+. The van der Waals surface area contributed by atoms with Gasteiger partial charge in [0.2, 0.25) is 11.7 Å². The molecule has 6 heteroatoms. The van der Waals surface area contributed by atoms with Crippen LogP contribution in [0.25, 0.3) is 6.08 Å². The van der Waals surface area contributed by atoms with Crippen LogP contribution in [0.3, 0.4) is 0 Å². The Morgan fingerprint density at radius 3 is 2.23 bits per heavy atom. The van der Waals surface area contributed by atoms with Crippen molar-refractivity contribution >= 4 is 17.7 Å². The largest absolute Gasteiger partial charge is 0.494 e. The average molecular weight is 357 g/mol. The number of ether oxygens (including phenoxy) is 4. The van der Waals surface area contributed by atoms with Crippen molar-refractivity contribution < 1.29 is 23.7 Å². The number of carbonyl (C=O) groups is 1. The van der Waals surface area contributed by atoms with Crippen LogP contribution in [0.2, 0.25) is 0 Å². The molecule has 138 valence electrons. The van der Waals surface area contributed by atoms with Gasteiger partial charge in [-0.15, -0.1) is 0 Å². The zero-order chi connectivity index (χ0) is 18.9. The van der Waals surface area contributed by atoms with Crippen LogP contribution in [-0.2, 0) is 4.79 Å². The zero-order valence-corrected chi connectivity index (χ0v) is 15.4. The second-order valence-corrected chi connectivity index (χ2v) is 5.20. The lowest BCUT2D eigenvalue weighted by Gasteiger charge is -2.14. The summed E-state index contributed by atoms with van der Waals surface area (Å²) in [5.74, 6) is 2.03. The molecule has 0 saturated heterocycles. The minimum Gasteiger partial charge on any atom is -0.494 e. The van der Waals surface area contributed by atoms with Crippen LogP contribution in [0.5, 0.6) is 23.0 Å². The van der Waals surface area contributed by atoms with Crippen molar-refractivity contribution in [1.82, 2.24) is 0 Å². The van der Waals surface area contributed by atoms with E-state index in [2.05, 4.69) is 5.32 Å². The molecule has 6 nitrogen and oxygen atoms in total. The highest BCUT2D eigenvalue weighted by atomic mass is 16.5. The first-order chi connectivity index (χ1) is 12.6. The molecule has 2 aromatic rings. The van der Waals surface area contributed by atoms with Crippen LogP contribution >= 0.6 is 0 Å². The maximum absolute atomic E-state index is 12.1. The molecule has 0 heterocycles. The monoisotopic (exact) mass is 357 g/mol. The Bertz CT molecular complexity index is 769. The lowest BCUT2D eigenvalue weighted by molar-refractivity contribution is -0.111. The molecule has 1 N–H and O–H groups in total. The van der Waals surface area contributed by atoms with Gasteiger partial charge in [0, 0.05) is 17.3 Å². The first-order valence-electron chi connectivity index (χ1n) is 8.13. The maximum atomic E-state index is 12.1. The molecule has 0 bridgehead atoms. The van der Waals surface area contributed by atoms with E-state index in [9.17, 15) is 4.79 Å². The number of hydrogen-bond acceptors (Lipinski definition) is 5. The van der Waals surface area contributed by atoms with Gasteiger partial charge in [0.15, 0.2) is 11.5 Å². The molecule has 0 saturated carbocycles. The molecular weight excluding hydrogens is 334 g/mol. The van der Waals surface area contributed by atoms with E-state index in [4.69, 9.17) is 18.9 Å². The van der Waals surface area contributed by atoms with E-state index in [1.54, 1.807) is 49.6 Å². The molecule has 0 radical (unpaired) electrons. The summed E-state index contributed by atoms with van der Waals surface area (Å²) >= 11 is 0. The summed E-state index contributed by atoms with van der Waals surface area (Å²) in [6, 6.07) is 10.7. The molecule has 0 aliphatic carbocycles. The van der Waals surface area contributed by atoms with Crippen LogP contribution in [-0.4, -0.2) is 33.8 Å². The molecule has 2 aromatic carbocycles. The van der Waals surface area contributed by atoms with Gasteiger partial charge in [0.05, 0.1) is 27.9 Å². The predicted molar refractivity (Wildman–Crippen MR) is 101 cm³/mol. The number of methoxy groups -OCH3 is 3. The fraction of sp³-hybridized carbons (Fsp3) is 0.250. The Hall–Kier alpha value is -3.15. The highest BCUT2D eigenvalue weighted by Crippen LogP contribution is 2.40. The van der Waals surface area contributed by atoms with E-state index in [-0.39, 0.29) is 5.91 Å². The Morgan fingerprint density at radius 2 is 1.65 bits per heavy atom. The SMILES string of the molecule is CCOc1ccc(NC(=O)/C=C/c2ccc(OC)c(OC)c2OC)cc1. The van der Waals surface area contributed by atoms with Gasteiger partial charge in [-0.3, -0.25) is 4.79 Å². The molecule has 26 heavy (non-hydrogen) atoms. The third kappa shape index (κ3) is 4.69. The predicted octanol–water partition coefficient (Wildman–Crippen LogP) is 3.76. The van der Waals surface area contributed by atoms with Crippen LogP contribution in [0.1, 0.15) is 12.5 Å².